The molecule has 1 aliphatic carbocycles. The number of benzene rings is 3. The van der Waals surface area contributed by atoms with E-state index in [2.05, 4.69) is 104 Å². The maximum absolute atomic E-state index is 7.50. The monoisotopic (exact) mass is 614 g/mol. The van der Waals surface area contributed by atoms with Crippen LogP contribution in [-0.2, 0) is 29.7 Å². The number of hydrogen-bond donors (Lipinski definition) is 0. The molecule has 0 aliphatic heterocycles. The molecule has 0 bridgehead atoms. The van der Waals surface area contributed by atoms with Crippen molar-refractivity contribution in [1.82, 2.24) is 0 Å². The zero-order chi connectivity index (χ0) is 20.5. The fourth-order valence-electron chi connectivity index (χ4n) is 2.50. The Balaban J connectivity index is 0.000000667. The summed E-state index contributed by atoms with van der Waals surface area (Å²) in [5.74, 6) is 0. The molecule has 2 radical (unpaired) electrons. The first-order valence-electron chi connectivity index (χ1n) is 8.48. The summed E-state index contributed by atoms with van der Waals surface area (Å²) in [6.45, 7) is 9.00. The Labute approximate surface area is 191 Å². The Morgan fingerprint density at radius 2 is 0.724 bits per heavy atom. The van der Waals surface area contributed by atoms with Gasteiger partial charge in [-0.25, -0.2) is 0 Å². The number of allylic oxidation sites excluding steroid dienone is 4. The zero-order valence-electron chi connectivity index (χ0n) is 15.7. The zero-order valence-corrected chi connectivity index (χ0v) is 20.3. The van der Waals surface area contributed by atoms with Crippen molar-refractivity contribution in [3.05, 3.63) is 135 Å². The van der Waals surface area contributed by atoms with Gasteiger partial charge in [0.1, 0.15) is 0 Å². The Bertz CT molecular complexity index is 763. The summed E-state index contributed by atoms with van der Waals surface area (Å²) in [6.07, 6.45) is 10.0. The van der Waals surface area contributed by atoms with Crippen molar-refractivity contribution in [2.75, 3.05) is 0 Å². The third-order valence-corrected chi connectivity index (χ3v) is 8.73. The van der Waals surface area contributed by atoms with Gasteiger partial charge >= 0.3 is 141 Å². The Hall–Kier alpha value is -2.16. The van der Waals surface area contributed by atoms with Crippen molar-refractivity contribution in [3.63, 3.8) is 0 Å². The Kier molecular flexibility index (Phi) is 16.6. The molecule has 3 aromatic rings. The average molecular weight is 614 g/mol. The van der Waals surface area contributed by atoms with Crippen molar-refractivity contribution < 1.29 is 29.7 Å². The molecule has 29 heavy (non-hydrogen) atoms. The van der Waals surface area contributed by atoms with Crippen LogP contribution in [0.1, 0.15) is 0 Å². The Morgan fingerprint density at radius 1 is 0.448 bits per heavy atom. The summed E-state index contributed by atoms with van der Waals surface area (Å²) in [5.41, 5.74) is 0. The molecule has 4 rings (SSSR count). The molecule has 2 nitrogen and oxygen atoms in total. The molecule has 0 unspecified atom stereocenters. The molecule has 0 spiro atoms. The van der Waals surface area contributed by atoms with E-state index in [-0.39, 0.29) is 20.4 Å². The van der Waals surface area contributed by atoms with Gasteiger partial charge in [0.2, 0.25) is 0 Å². The molecule has 4 heteroatoms. The summed E-state index contributed by atoms with van der Waals surface area (Å²) in [5, 5.41) is 0. The van der Waals surface area contributed by atoms with Gasteiger partial charge in [0, 0.05) is 26.8 Å². The van der Waals surface area contributed by atoms with Crippen LogP contribution >= 0.6 is 0 Å². The predicted octanol–water partition coefficient (Wildman–Crippen LogP) is 3.44. The van der Waals surface area contributed by atoms with Gasteiger partial charge in [-0.2, -0.15) is 0 Å². The topological polar surface area (TPSA) is 39.8 Å². The average Bonchev–Trinajstić information content (AvgIpc) is 3.39. The van der Waals surface area contributed by atoms with Gasteiger partial charge in [-0.05, 0) is 0 Å². The van der Waals surface area contributed by atoms with Gasteiger partial charge in [0.25, 0.3) is 0 Å². The molecule has 0 fully saturated rings. The molecule has 0 amide bonds. The molecule has 1 aliphatic rings. The maximum atomic E-state index is 7.50. The fourth-order valence-corrected chi connectivity index (χ4v) is 7.34. The van der Waals surface area contributed by atoms with Crippen molar-refractivity contribution in [1.29, 1.82) is 0 Å². The van der Waals surface area contributed by atoms with Crippen LogP contribution in [0, 0.1) is 19.7 Å². The van der Waals surface area contributed by atoms with Crippen molar-refractivity contribution >= 4 is 27.7 Å². The summed E-state index contributed by atoms with van der Waals surface area (Å²) >= 11 is -1.39. The second kappa shape index (κ2) is 17.9. The number of hydrogen-bond acceptors (Lipinski definition) is 0. The van der Waals surface area contributed by atoms with Crippen LogP contribution < -0.4 is 13.1 Å². The summed E-state index contributed by atoms with van der Waals surface area (Å²) in [6, 6.07) is 32.7. The molecule has 0 atom stereocenters. The molecule has 0 heterocycles. The van der Waals surface area contributed by atoms with Crippen molar-refractivity contribution in [3.8, 4) is 0 Å². The molecule has 0 aromatic heterocycles. The van der Waals surface area contributed by atoms with Gasteiger partial charge in [0.15, 0.2) is 0 Å². The SMILES string of the molecule is [C-]#[O+].[C-]#[O+].[CH]1C=CC=C1.[Re].c1ccc([As](c2ccccc2)c2ccccc2)cc1. The van der Waals surface area contributed by atoms with Gasteiger partial charge in [-0.1, -0.05) is 24.3 Å². The predicted molar refractivity (Wildman–Crippen MR) is 114 cm³/mol. The fraction of sp³-hybridized carbons (Fsp3) is 0. The van der Waals surface area contributed by atoms with Crippen molar-refractivity contribution in [2.45, 2.75) is 0 Å². The standard InChI is InChI=1S/C18H15As.C5H5.2CO.Re/c1-4-10-16(11-5-1)19(17-12-6-2-7-13-17)18-14-8-3-9-15-18;1-2-4-5-3-1;2*1-2;/h1-15H;1-5H;;;. The van der Waals surface area contributed by atoms with E-state index in [0.29, 0.717) is 0 Å². The van der Waals surface area contributed by atoms with Gasteiger partial charge < -0.3 is 0 Å². The van der Waals surface area contributed by atoms with E-state index < -0.39 is 14.7 Å². The van der Waals surface area contributed by atoms with E-state index in [1.54, 1.807) is 0 Å². The molecule has 144 valence electrons. The van der Waals surface area contributed by atoms with E-state index in [4.69, 9.17) is 9.30 Å². The second-order valence-electron chi connectivity index (χ2n) is 5.30. The number of rotatable bonds is 3. The second-order valence-corrected chi connectivity index (χ2v) is 9.96. The quantitative estimate of drug-likeness (QED) is 0.247. The Morgan fingerprint density at radius 3 is 0.931 bits per heavy atom. The summed E-state index contributed by atoms with van der Waals surface area (Å²) < 4.78 is 19.4. The summed E-state index contributed by atoms with van der Waals surface area (Å²) in [4.78, 5) is 0. The van der Waals surface area contributed by atoms with Crippen LogP contribution in [0.5, 0.6) is 0 Å². The molecule has 0 saturated carbocycles. The van der Waals surface area contributed by atoms with E-state index in [1.165, 1.54) is 13.1 Å². The molecule has 0 saturated heterocycles. The minimum atomic E-state index is -1.39. The minimum absolute atomic E-state index is 0. The molecular formula is C25H20AsO2Re. The van der Waals surface area contributed by atoms with Crippen LogP contribution in [0.2, 0.25) is 0 Å². The van der Waals surface area contributed by atoms with Crippen LogP contribution in [0.15, 0.2) is 115 Å². The molecule has 0 N–H and O–H groups in total. The first-order valence-corrected chi connectivity index (χ1v) is 11.3. The summed E-state index contributed by atoms with van der Waals surface area (Å²) in [7, 11) is 0. The van der Waals surface area contributed by atoms with Gasteiger partial charge in [0.05, 0.1) is 0 Å². The van der Waals surface area contributed by atoms with Gasteiger partial charge in [-0.15, -0.1) is 0 Å². The van der Waals surface area contributed by atoms with Crippen LogP contribution in [0.3, 0.4) is 0 Å². The van der Waals surface area contributed by atoms with Crippen LogP contribution in [0.25, 0.3) is 0 Å². The van der Waals surface area contributed by atoms with Crippen molar-refractivity contribution in [2.24, 2.45) is 0 Å². The van der Waals surface area contributed by atoms with E-state index in [0.717, 1.165) is 0 Å². The van der Waals surface area contributed by atoms with E-state index in [1.807, 2.05) is 30.7 Å². The van der Waals surface area contributed by atoms with Gasteiger partial charge in [-0.3, -0.25) is 0 Å². The first-order chi connectivity index (χ1) is 13.9. The van der Waals surface area contributed by atoms with E-state index in [9.17, 15) is 0 Å². The van der Waals surface area contributed by atoms with Crippen LogP contribution in [-0.4, -0.2) is 14.7 Å². The first kappa shape index (κ1) is 26.8. The van der Waals surface area contributed by atoms with E-state index >= 15 is 0 Å². The third kappa shape index (κ3) is 9.74. The normalized spacial score (nSPS) is 10.1. The molecule has 3 aromatic carbocycles. The molecular weight excluding hydrogens is 593 g/mol. The third-order valence-electron chi connectivity index (χ3n) is 3.60. The van der Waals surface area contributed by atoms with Crippen LogP contribution in [0.4, 0.5) is 0 Å².